The smallest absolute Gasteiger partial charge is 0.327 e. The summed E-state index contributed by atoms with van der Waals surface area (Å²) in [5, 5.41) is 10.2. The van der Waals surface area contributed by atoms with Crippen molar-refractivity contribution in [2.24, 2.45) is 0 Å². The van der Waals surface area contributed by atoms with Crippen molar-refractivity contribution in [2.75, 3.05) is 26.4 Å². The molecule has 1 N–H and O–H groups in total. The van der Waals surface area contributed by atoms with Crippen LogP contribution in [-0.4, -0.2) is 42.0 Å². The lowest BCUT2D eigenvalue weighted by atomic mass is 10.1. The maximum absolute atomic E-state index is 11.0. The van der Waals surface area contributed by atoms with Crippen molar-refractivity contribution in [1.82, 2.24) is 4.90 Å². The Morgan fingerprint density at radius 2 is 1.31 bits per heavy atom. The second kappa shape index (κ2) is 11.6. The van der Waals surface area contributed by atoms with Gasteiger partial charge in [0, 0.05) is 26.3 Å². The highest BCUT2D eigenvalue weighted by Crippen LogP contribution is 2.43. The van der Waals surface area contributed by atoms with Crippen molar-refractivity contribution in [2.45, 2.75) is 45.4 Å². The van der Waals surface area contributed by atoms with Crippen LogP contribution in [-0.2, 0) is 26.7 Å². The zero-order chi connectivity index (χ0) is 21.2. The van der Waals surface area contributed by atoms with Crippen molar-refractivity contribution in [3.8, 4) is 0 Å². The predicted octanol–water partition coefficient (Wildman–Crippen LogP) is 5.10. The molecule has 1 saturated carbocycles. The molecule has 1 aliphatic rings. The molecule has 3 rings (SSSR count). The molecule has 6 heteroatoms. The molecule has 2 aromatic carbocycles. The number of aliphatic hydroxyl groups is 1. The van der Waals surface area contributed by atoms with Crippen LogP contribution in [0.15, 0.2) is 60.7 Å². The number of nitrogens with zero attached hydrogens (tertiary/aromatic N) is 1. The molecule has 5 nitrogen and oxygen atoms in total. The van der Waals surface area contributed by atoms with Gasteiger partial charge in [0.05, 0.1) is 18.8 Å². The fourth-order valence-electron chi connectivity index (χ4n) is 3.08. The van der Waals surface area contributed by atoms with E-state index in [2.05, 4.69) is 53.4 Å². The second-order valence-electron chi connectivity index (χ2n) is 7.45. The number of hydrogen-bond acceptors (Lipinski definition) is 5. The zero-order valence-electron chi connectivity index (χ0n) is 17.8. The van der Waals surface area contributed by atoms with E-state index in [0.29, 0.717) is 13.2 Å². The topological polar surface area (TPSA) is 59.0 Å². The average Bonchev–Trinajstić information content (AvgIpc) is 3.40. The lowest BCUT2D eigenvalue weighted by Crippen LogP contribution is -2.32. The highest BCUT2D eigenvalue weighted by Gasteiger charge is 2.41. The fourth-order valence-corrected chi connectivity index (χ4v) is 4.09. The predicted molar refractivity (Wildman–Crippen MR) is 118 cm³/mol. The van der Waals surface area contributed by atoms with E-state index in [4.69, 9.17) is 9.05 Å². The monoisotopic (exact) mass is 419 g/mol. The molecular weight excluding hydrogens is 385 g/mol. The van der Waals surface area contributed by atoms with Gasteiger partial charge in [-0.1, -0.05) is 60.7 Å². The highest BCUT2D eigenvalue weighted by atomic mass is 31.2. The van der Waals surface area contributed by atoms with Gasteiger partial charge >= 0.3 is 7.60 Å². The molecule has 1 aliphatic carbocycles. The molecule has 0 radical (unpaired) electrons. The highest BCUT2D eigenvalue weighted by molar-refractivity contribution is 7.52. The second-order valence-corrected chi connectivity index (χ2v) is 9.51. The molecule has 160 valence electrons. The SMILES string of the molecule is CCOP(C)(=O)OCC.OC1(CN(Cc2ccccc2)Cc2ccccc2)CC1. The van der Waals surface area contributed by atoms with Gasteiger partial charge in [0.15, 0.2) is 0 Å². The van der Waals surface area contributed by atoms with E-state index >= 15 is 0 Å². The minimum atomic E-state index is -2.69. The van der Waals surface area contributed by atoms with Crippen molar-refractivity contribution in [3.05, 3.63) is 71.8 Å². The Morgan fingerprint density at radius 3 is 1.66 bits per heavy atom. The van der Waals surface area contributed by atoms with Crippen molar-refractivity contribution >= 4 is 7.60 Å². The van der Waals surface area contributed by atoms with Gasteiger partial charge in [0.25, 0.3) is 0 Å². The van der Waals surface area contributed by atoms with E-state index in [-0.39, 0.29) is 0 Å². The van der Waals surface area contributed by atoms with Crippen LogP contribution in [0.2, 0.25) is 0 Å². The minimum Gasteiger partial charge on any atom is -0.389 e. The molecule has 0 unspecified atom stereocenters. The van der Waals surface area contributed by atoms with Gasteiger partial charge in [-0.3, -0.25) is 9.46 Å². The number of benzene rings is 2. The molecular formula is C23H34NO4P. The van der Waals surface area contributed by atoms with E-state index in [1.54, 1.807) is 13.8 Å². The zero-order valence-corrected chi connectivity index (χ0v) is 18.7. The maximum atomic E-state index is 11.0. The van der Waals surface area contributed by atoms with E-state index in [1.807, 2.05) is 12.1 Å². The third kappa shape index (κ3) is 9.70. The summed E-state index contributed by atoms with van der Waals surface area (Å²) in [5.74, 6) is 0. The first-order valence-corrected chi connectivity index (χ1v) is 12.2. The van der Waals surface area contributed by atoms with Crippen LogP contribution < -0.4 is 0 Å². The van der Waals surface area contributed by atoms with Crippen LogP contribution in [0, 0.1) is 0 Å². The van der Waals surface area contributed by atoms with Crippen molar-refractivity contribution < 1.29 is 18.7 Å². The third-order valence-electron chi connectivity index (χ3n) is 4.57. The first-order valence-electron chi connectivity index (χ1n) is 10.2. The van der Waals surface area contributed by atoms with Crippen molar-refractivity contribution in [3.63, 3.8) is 0 Å². The minimum absolute atomic E-state index is 0.438. The molecule has 0 amide bonds. The molecule has 0 spiro atoms. The number of rotatable bonds is 10. The van der Waals surface area contributed by atoms with E-state index in [9.17, 15) is 9.67 Å². The summed E-state index contributed by atoms with van der Waals surface area (Å²) in [7, 11) is -2.69. The molecule has 0 aliphatic heterocycles. The maximum Gasteiger partial charge on any atom is 0.327 e. The third-order valence-corrected chi connectivity index (χ3v) is 6.02. The van der Waals surface area contributed by atoms with Gasteiger partial charge in [-0.15, -0.1) is 0 Å². The van der Waals surface area contributed by atoms with Gasteiger partial charge in [-0.05, 0) is 37.8 Å². The molecule has 0 bridgehead atoms. The largest absolute Gasteiger partial charge is 0.389 e. The molecule has 1 fully saturated rings. The Hall–Kier alpha value is -1.49. The Balaban J connectivity index is 0.000000284. The van der Waals surface area contributed by atoms with Crippen LogP contribution in [0.25, 0.3) is 0 Å². The Labute approximate surface area is 175 Å². The summed E-state index contributed by atoms with van der Waals surface area (Å²) < 4.78 is 20.6. The van der Waals surface area contributed by atoms with Crippen LogP contribution in [0.1, 0.15) is 37.8 Å². The summed E-state index contributed by atoms with van der Waals surface area (Å²) in [6.45, 7) is 8.46. The van der Waals surface area contributed by atoms with Gasteiger partial charge < -0.3 is 14.2 Å². The number of hydrogen-bond donors (Lipinski definition) is 1. The molecule has 0 saturated heterocycles. The average molecular weight is 420 g/mol. The Kier molecular flexibility index (Phi) is 9.54. The molecule has 0 aromatic heterocycles. The molecule has 0 atom stereocenters. The normalized spacial score (nSPS) is 14.9. The van der Waals surface area contributed by atoms with Crippen LogP contribution in [0.4, 0.5) is 0 Å². The first kappa shape index (κ1) is 23.8. The standard InChI is InChI=1S/C18H21NO.C5H13O3P/c20-18(11-12-18)15-19(13-16-7-3-1-4-8-16)14-17-9-5-2-6-10-17;1-4-7-9(3,6)8-5-2/h1-10,20H,11-15H2;4-5H2,1-3H3. The Bertz CT molecular complexity index is 698. The summed E-state index contributed by atoms with van der Waals surface area (Å²) in [6, 6.07) is 21.0. The summed E-state index contributed by atoms with van der Waals surface area (Å²) in [5.41, 5.74) is 2.16. The van der Waals surface area contributed by atoms with E-state index < -0.39 is 13.2 Å². The summed E-state index contributed by atoms with van der Waals surface area (Å²) in [4.78, 5) is 2.34. The van der Waals surface area contributed by atoms with Gasteiger partial charge in [-0.2, -0.15) is 0 Å². The first-order chi connectivity index (χ1) is 13.9. The van der Waals surface area contributed by atoms with Crippen LogP contribution in [0.5, 0.6) is 0 Å². The summed E-state index contributed by atoms with van der Waals surface area (Å²) >= 11 is 0. The summed E-state index contributed by atoms with van der Waals surface area (Å²) in [6.07, 6.45) is 1.88. The van der Waals surface area contributed by atoms with Gasteiger partial charge in [0.1, 0.15) is 0 Å². The van der Waals surface area contributed by atoms with Crippen LogP contribution in [0.3, 0.4) is 0 Å². The fraction of sp³-hybridized carbons (Fsp3) is 0.478. The molecule has 0 heterocycles. The Morgan fingerprint density at radius 1 is 0.897 bits per heavy atom. The van der Waals surface area contributed by atoms with Gasteiger partial charge in [0.2, 0.25) is 0 Å². The lowest BCUT2D eigenvalue weighted by molar-refractivity contribution is 0.0844. The molecule has 2 aromatic rings. The van der Waals surface area contributed by atoms with Crippen molar-refractivity contribution in [1.29, 1.82) is 0 Å². The lowest BCUT2D eigenvalue weighted by Gasteiger charge is -2.25. The quantitative estimate of drug-likeness (QED) is 0.543. The van der Waals surface area contributed by atoms with Gasteiger partial charge in [-0.25, -0.2) is 0 Å². The van der Waals surface area contributed by atoms with Crippen LogP contribution >= 0.6 is 7.60 Å². The molecule has 29 heavy (non-hydrogen) atoms. The van der Waals surface area contributed by atoms with E-state index in [0.717, 1.165) is 32.5 Å². The van der Waals surface area contributed by atoms with E-state index in [1.165, 1.54) is 17.8 Å².